The Hall–Kier alpha value is -1.05. The molecule has 1 unspecified atom stereocenters. The highest BCUT2D eigenvalue weighted by molar-refractivity contribution is 5.91. The van der Waals surface area contributed by atoms with Crippen LogP contribution < -0.4 is 5.73 Å². The van der Waals surface area contributed by atoms with Crippen LogP contribution in [0.15, 0.2) is 23.8 Å². The van der Waals surface area contributed by atoms with Crippen LogP contribution in [0.25, 0.3) is 0 Å². The minimum absolute atomic E-state index is 0.352. The van der Waals surface area contributed by atoms with Gasteiger partial charge in [0.05, 0.1) is 0 Å². The molecule has 0 saturated heterocycles. The first-order valence-electron chi connectivity index (χ1n) is 5.73. The Labute approximate surface area is 92.2 Å². The molecule has 1 aliphatic carbocycles. The van der Waals surface area contributed by atoms with Crippen LogP contribution in [-0.4, -0.2) is 5.91 Å². The number of carbonyl (C=O) groups is 1. The SMILES string of the molecule is C=C(CCCC1CC=C(C)CC1)C(N)=O. The fourth-order valence-electron chi connectivity index (χ4n) is 2.01. The second kappa shape index (κ2) is 5.74. The predicted molar refractivity (Wildman–Crippen MR) is 63.3 cm³/mol. The molecular formula is C13H21NO. The van der Waals surface area contributed by atoms with E-state index in [0.29, 0.717) is 5.57 Å². The van der Waals surface area contributed by atoms with Crippen LogP contribution in [-0.2, 0) is 4.79 Å². The van der Waals surface area contributed by atoms with Crippen LogP contribution in [0.4, 0.5) is 0 Å². The number of primary amides is 1. The molecule has 2 N–H and O–H groups in total. The van der Waals surface area contributed by atoms with Gasteiger partial charge in [-0.25, -0.2) is 0 Å². The number of hydrogen-bond donors (Lipinski definition) is 1. The molecule has 1 rings (SSSR count). The predicted octanol–water partition coefficient (Wildman–Crippen LogP) is 2.94. The molecule has 0 aromatic carbocycles. The zero-order chi connectivity index (χ0) is 11.3. The summed E-state index contributed by atoms with van der Waals surface area (Å²) in [5.74, 6) is 0.448. The van der Waals surface area contributed by atoms with E-state index in [1.807, 2.05) is 0 Å². The van der Waals surface area contributed by atoms with Crippen molar-refractivity contribution >= 4 is 5.91 Å². The van der Waals surface area contributed by atoms with Crippen LogP contribution in [0.1, 0.15) is 45.4 Å². The smallest absolute Gasteiger partial charge is 0.244 e. The largest absolute Gasteiger partial charge is 0.366 e. The third kappa shape index (κ3) is 4.32. The van der Waals surface area contributed by atoms with Gasteiger partial charge in [0.1, 0.15) is 0 Å². The molecule has 0 spiro atoms. The normalized spacial score (nSPS) is 20.9. The van der Waals surface area contributed by atoms with Crippen molar-refractivity contribution in [1.29, 1.82) is 0 Å². The minimum Gasteiger partial charge on any atom is -0.366 e. The summed E-state index contributed by atoms with van der Waals surface area (Å²) in [7, 11) is 0. The summed E-state index contributed by atoms with van der Waals surface area (Å²) in [5.41, 5.74) is 7.21. The standard InChI is InChI=1S/C13H21NO/c1-10-6-8-12(9-7-10)5-3-4-11(2)13(14)15/h6,12H,2-5,7-9H2,1H3,(H2,14,15). The first-order chi connectivity index (χ1) is 7.09. The lowest BCUT2D eigenvalue weighted by Gasteiger charge is -2.20. The summed E-state index contributed by atoms with van der Waals surface area (Å²) in [6.45, 7) is 5.86. The fraction of sp³-hybridized carbons (Fsp3) is 0.615. The molecule has 0 bridgehead atoms. The molecule has 0 heterocycles. The molecule has 0 saturated carbocycles. The van der Waals surface area contributed by atoms with Gasteiger partial charge in [-0.3, -0.25) is 4.79 Å². The molecule has 1 atom stereocenters. The number of allylic oxidation sites excluding steroid dienone is 2. The van der Waals surface area contributed by atoms with Crippen molar-refractivity contribution < 1.29 is 4.79 Å². The zero-order valence-electron chi connectivity index (χ0n) is 9.59. The van der Waals surface area contributed by atoms with Gasteiger partial charge >= 0.3 is 0 Å². The summed E-state index contributed by atoms with van der Waals surface area (Å²) in [6.07, 6.45) is 9.07. The minimum atomic E-state index is -0.352. The number of rotatable bonds is 5. The second-order valence-corrected chi connectivity index (χ2v) is 4.55. The third-order valence-corrected chi connectivity index (χ3v) is 3.19. The van der Waals surface area contributed by atoms with E-state index in [0.717, 1.165) is 18.8 Å². The van der Waals surface area contributed by atoms with Crippen molar-refractivity contribution in [2.24, 2.45) is 11.7 Å². The molecule has 1 amide bonds. The van der Waals surface area contributed by atoms with Crippen LogP contribution in [0.5, 0.6) is 0 Å². The first-order valence-corrected chi connectivity index (χ1v) is 5.73. The molecule has 0 radical (unpaired) electrons. The van der Waals surface area contributed by atoms with Gasteiger partial charge in [0.25, 0.3) is 0 Å². The fourth-order valence-corrected chi connectivity index (χ4v) is 2.01. The lowest BCUT2D eigenvalue weighted by Crippen LogP contribution is -2.13. The summed E-state index contributed by atoms with van der Waals surface area (Å²) < 4.78 is 0. The van der Waals surface area contributed by atoms with Gasteiger partial charge in [0, 0.05) is 5.57 Å². The topological polar surface area (TPSA) is 43.1 Å². The van der Waals surface area contributed by atoms with Gasteiger partial charge in [-0.05, 0) is 51.4 Å². The molecule has 84 valence electrons. The van der Waals surface area contributed by atoms with Gasteiger partial charge < -0.3 is 5.73 Å². The Bertz CT molecular complexity index is 278. The maximum Gasteiger partial charge on any atom is 0.244 e. The molecular weight excluding hydrogens is 186 g/mol. The quantitative estimate of drug-likeness (QED) is 0.546. The van der Waals surface area contributed by atoms with Crippen LogP contribution in [0, 0.1) is 5.92 Å². The van der Waals surface area contributed by atoms with Gasteiger partial charge in [0.15, 0.2) is 0 Å². The number of carbonyl (C=O) groups excluding carboxylic acids is 1. The van der Waals surface area contributed by atoms with Crippen molar-refractivity contribution in [3.05, 3.63) is 23.8 Å². The Morgan fingerprint density at radius 3 is 2.93 bits per heavy atom. The first kappa shape index (κ1) is 12.0. The van der Waals surface area contributed by atoms with E-state index in [2.05, 4.69) is 19.6 Å². The van der Waals surface area contributed by atoms with Crippen molar-refractivity contribution in [3.8, 4) is 0 Å². The van der Waals surface area contributed by atoms with Gasteiger partial charge in [-0.1, -0.05) is 18.2 Å². The maximum atomic E-state index is 10.7. The van der Waals surface area contributed by atoms with E-state index in [1.54, 1.807) is 0 Å². The summed E-state index contributed by atoms with van der Waals surface area (Å²) >= 11 is 0. The summed E-state index contributed by atoms with van der Waals surface area (Å²) in [4.78, 5) is 10.7. The van der Waals surface area contributed by atoms with E-state index in [4.69, 9.17) is 5.73 Å². The molecule has 0 aromatic rings. The Balaban J connectivity index is 2.16. The zero-order valence-corrected chi connectivity index (χ0v) is 9.59. The van der Waals surface area contributed by atoms with Gasteiger partial charge in [-0.2, -0.15) is 0 Å². The van der Waals surface area contributed by atoms with E-state index in [-0.39, 0.29) is 5.91 Å². The van der Waals surface area contributed by atoms with Crippen LogP contribution >= 0.6 is 0 Å². The monoisotopic (exact) mass is 207 g/mol. The van der Waals surface area contributed by atoms with Gasteiger partial charge in [0.2, 0.25) is 5.91 Å². The number of amides is 1. The second-order valence-electron chi connectivity index (χ2n) is 4.55. The molecule has 2 heteroatoms. The van der Waals surface area contributed by atoms with Crippen molar-refractivity contribution in [3.63, 3.8) is 0 Å². The van der Waals surface area contributed by atoms with Crippen molar-refractivity contribution in [2.75, 3.05) is 0 Å². The van der Waals surface area contributed by atoms with E-state index >= 15 is 0 Å². The molecule has 0 fully saturated rings. The van der Waals surface area contributed by atoms with Crippen LogP contribution in [0.3, 0.4) is 0 Å². The average Bonchev–Trinajstić information content (AvgIpc) is 2.20. The van der Waals surface area contributed by atoms with Crippen molar-refractivity contribution in [2.45, 2.75) is 45.4 Å². The highest BCUT2D eigenvalue weighted by Crippen LogP contribution is 2.27. The molecule has 15 heavy (non-hydrogen) atoms. The number of nitrogens with two attached hydrogens (primary N) is 1. The highest BCUT2D eigenvalue weighted by Gasteiger charge is 2.12. The van der Waals surface area contributed by atoms with E-state index in [9.17, 15) is 4.79 Å². The van der Waals surface area contributed by atoms with E-state index < -0.39 is 0 Å². The Morgan fingerprint density at radius 1 is 1.67 bits per heavy atom. The third-order valence-electron chi connectivity index (χ3n) is 3.19. The summed E-state index contributed by atoms with van der Waals surface area (Å²) in [6, 6.07) is 0. The van der Waals surface area contributed by atoms with E-state index in [1.165, 1.54) is 31.3 Å². The molecule has 1 aliphatic rings. The molecule has 0 aromatic heterocycles. The average molecular weight is 207 g/mol. The Kier molecular flexibility index (Phi) is 4.60. The van der Waals surface area contributed by atoms with Crippen LogP contribution in [0.2, 0.25) is 0 Å². The molecule has 2 nitrogen and oxygen atoms in total. The van der Waals surface area contributed by atoms with Crippen molar-refractivity contribution in [1.82, 2.24) is 0 Å². The highest BCUT2D eigenvalue weighted by atomic mass is 16.1. The molecule has 0 aliphatic heterocycles. The summed E-state index contributed by atoms with van der Waals surface area (Å²) in [5, 5.41) is 0. The Morgan fingerprint density at radius 2 is 2.40 bits per heavy atom. The number of hydrogen-bond acceptors (Lipinski definition) is 1. The van der Waals surface area contributed by atoms with Gasteiger partial charge in [-0.15, -0.1) is 0 Å². The lowest BCUT2D eigenvalue weighted by atomic mass is 9.86. The lowest BCUT2D eigenvalue weighted by molar-refractivity contribution is -0.114. The maximum absolute atomic E-state index is 10.7.